The van der Waals surface area contributed by atoms with Crippen molar-refractivity contribution in [3.05, 3.63) is 41.7 Å². The van der Waals surface area contributed by atoms with Crippen molar-refractivity contribution in [2.75, 3.05) is 0 Å². The third-order valence-corrected chi connectivity index (χ3v) is 3.05. The number of halogens is 1. The Morgan fingerprint density at radius 2 is 2.18 bits per heavy atom. The van der Waals surface area contributed by atoms with E-state index in [-0.39, 0.29) is 0 Å². The fourth-order valence-corrected chi connectivity index (χ4v) is 2.06. The van der Waals surface area contributed by atoms with E-state index in [1.165, 1.54) is 0 Å². The van der Waals surface area contributed by atoms with Crippen molar-refractivity contribution in [1.29, 1.82) is 5.26 Å². The van der Waals surface area contributed by atoms with E-state index < -0.39 is 0 Å². The number of rotatable bonds is 3. The van der Waals surface area contributed by atoms with Gasteiger partial charge in [-0.05, 0) is 12.5 Å². The second-order valence-corrected chi connectivity index (χ2v) is 4.18. The van der Waals surface area contributed by atoms with Gasteiger partial charge < -0.3 is 4.42 Å². The lowest BCUT2D eigenvalue weighted by atomic mass is 10.1. The Morgan fingerprint density at radius 3 is 2.88 bits per heavy atom. The largest absolute Gasteiger partial charge is 0.464 e. The third kappa shape index (κ3) is 2.20. The molecule has 2 aromatic rings. The molecule has 1 heterocycles. The lowest BCUT2D eigenvalue weighted by Gasteiger charge is -2.00. The third-order valence-electron chi connectivity index (χ3n) is 2.62. The second kappa shape index (κ2) is 5.07. The Balaban J connectivity index is 2.57. The molecule has 1 aromatic carbocycles. The molecule has 0 saturated carbocycles. The van der Waals surface area contributed by atoms with Crippen LogP contribution in [0, 0.1) is 11.3 Å². The van der Waals surface area contributed by atoms with E-state index in [0.29, 0.717) is 17.0 Å². The maximum absolute atomic E-state index is 9.08. The summed E-state index contributed by atoms with van der Waals surface area (Å²) >= 11 is 6.27. The highest BCUT2D eigenvalue weighted by Gasteiger charge is 2.12. The minimum absolute atomic E-state index is 0.499. The first-order valence-corrected chi connectivity index (χ1v) is 5.91. The number of nitrogens with zero attached hydrogens (tertiary/aromatic N) is 1. The number of hydrogen-bond acceptors (Lipinski definition) is 2. The van der Waals surface area contributed by atoms with Gasteiger partial charge in [0.2, 0.25) is 0 Å². The summed E-state index contributed by atoms with van der Waals surface area (Å²) in [4.78, 5) is 0. The SMILES string of the molecule is CCCC(C#N)=C(Cl)c1coc2ccccc12. The zero-order valence-electron chi connectivity index (χ0n) is 9.53. The first-order valence-electron chi connectivity index (χ1n) is 5.53. The minimum Gasteiger partial charge on any atom is -0.464 e. The summed E-state index contributed by atoms with van der Waals surface area (Å²) in [6.07, 6.45) is 3.20. The summed E-state index contributed by atoms with van der Waals surface area (Å²) < 4.78 is 5.41. The summed E-state index contributed by atoms with van der Waals surface area (Å²) in [5.74, 6) is 0. The lowest BCUT2D eigenvalue weighted by molar-refractivity contribution is 0.615. The fourth-order valence-electron chi connectivity index (χ4n) is 1.78. The van der Waals surface area contributed by atoms with Crippen LogP contribution in [0.3, 0.4) is 0 Å². The van der Waals surface area contributed by atoms with E-state index in [1.54, 1.807) is 6.26 Å². The molecule has 0 amide bonds. The Bertz CT molecular complexity index is 604. The number of allylic oxidation sites excluding steroid dienone is 1. The van der Waals surface area contributed by atoms with Crippen LogP contribution in [0.5, 0.6) is 0 Å². The van der Waals surface area contributed by atoms with E-state index in [9.17, 15) is 0 Å². The highest BCUT2D eigenvalue weighted by Crippen LogP contribution is 2.32. The molecule has 2 nitrogen and oxygen atoms in total. The van der Waals surface area contributed by atoms with Crippen LogP contribution in [0.1, 0.15) is 25.3 Å². The molecule has 0 aliphatic heterocycles. The van der Waals surface area contributed by atoms with Crippen LogP contribution in [0.4, 0.5) is 0 Å². The molecule has 0 aliphatic carbocycles. The number of benzene rings is 1. The van der Waals surface area contributed by atoms with Crippen LogP contribution in [-0.2, 0) is 0 Å². The van der Waals surface area contributed by atoms with E-state index in [4.69, 9.17) is 21.3 Å². The lowest BCUT2D eigenvalue weighted by Crippen LogP contribution is -1.84. The van der Waals surface area contributed by atoms with Crippen LogP contribution >= 0.6 is 11.6 Å². The second-order valence-electron chi connectivity index (χ2n) is 3.80. The molecule has 2 rings (SSSR count). The number of furan rings is 1. The molecule has 0 saturated heterocycles. The highest BCUT2D eigenvalue weighted by molar-refractivity contribution is 6.50. The first-order chi connectivity index (χ1) is 8.27. The zero-order valence-corrected chi connectivity index (χ0v) is 10.3. The van der Waals surface area contributed by atoms with Gasteiger partial charge >= 0.3 is 0 Å². The molecule has 0 aliphatic rings. The summed E-state index contributed by atoms with van der Waals surface area (Å²) in [6.45, 7) is 2.02. The van der Waals surface area contributed by atoms with Gasteiger partial charge in [-0.15, -0.1) is 0 Å². The molecule has 0 unspecified atom stereocenters. The van der Waals surface area contributed by atoms with Gasteiger partial charge in [-0.1, -0.05) is 43.1 Å². The van der Waals surface area contributed by atoms with Gasteiger partial charge in [0.25, 0.3) is 0 Å². The Kier molecular flexibility index (Phi) is 3.51. The van der Waals surface area contributed by atoms with E-state index in [0.717, 1.165) is 23.0 Å². The molecule has 0 N–H and O–H groups in total. The number of para-hydroxylation sites is 1. The van der Waals surface area contributed by atoms with Crippen LogP contribution in [0.15, 0.2) is 40.5 Å². The Labute approximate surface area is 105 Å². The van der Waals surface area contributed by atoms with Crippen molar-refractivity contribution < 1.29 is 4.42 Å². The monoisotopic (exact) mass is 245 g/mol. The molecule has 0 fully saturated rings. The van der Waals surface area contributed by atoms with Crippen LogP contribution in [-0.4, -0.2) is 0 Å². The molecule has 0 radical (unpaired) electrons. The standard InChI is InChI=1S/C14H12ClNO/c1-2-5-10(8-16)14(15)12-9-17-13-7-4-3-6-11(12)13/h3-4,6-7,9H,2,5H2,1H3. The molecule has 17 heavy (non-hydrogen) atoms. The van der Waals surface area contributed by atoms with Crippen molar-refractivity contribution in [2.24, 2.45) is 0 Å². The zero-order chi connectivity index (χ0) is 12.3. The van der Waals surface area contributed by atoms with Crippen LogP contribution in [0.2, 0.25) is 0 Å². The van der Waals surface area contributed by atoms with Gasteiger partial charge in [0, 0.05) is 16.5 Å². The minimum atomic E-state index is 0.499. The summed E-state index contributed by atoms with van der Waals surface area (Å²) in [7, 11) is 0. The highest BCUT2D eigenvalue weighted by atomic mass is 35.5. The van der Waals surface area contributed by atoms with Crippen molar-refractivity contribution in [3.8, 4) is 6.07 Å². The smallest absolute Gasteiger partial charge is 0.134 e. The van der Waals surface area contributed by atoms with Crippen LogP contribution in [0.25, 0.3) is 16.0 Å². The van der Waals surface area contributed by atoms with Crippen molar-refractivity contribution in [3.63, 3.8) is 0 Å². The van der Waals surface area contributed by atoms with Crippen molar-refractivity contribution in [1.82, 2.24) is 0 Å². The molecule has 1 aromatic heterocycles. The van der Waals surface area contributed by atoms with Crippen molar-refractivity contribution >= 4 is 27.6 Å². The summed E-state index contributed by atoms with van der Waals surface area (Å²) in [5, 5.41) is 10.5. The van der Waals surface area contributed by atoms with E-state index >= 15 is 0 Å². The quantitative estimate of drug-likeness (QED) is 0.735. The van der Waals surface area contributed by atoms with Gasteiger partial charge in [-0.2, -0.15) is 5.26 Å². The summed E-state index contributed by atoms with van der Waals surface area (Å²) in [6, 6.07) is 9.82. The van der Waals surface area contributed by atoms with Crippen molar-refractivity contribution in [2.45, 2.75) is 19.8 Å². The van der Waals surface area contributed by atoms with E-state index in [2.05, 4.69) is 6.07 Å². The summed E-state index contributed by atoms with van der Waals surface area (Å²) in [5.41, 5.74) is 2.20. The van der Waals surface area contributed by atoms with Gasteiger partial charge in [0.15, 0.2) is 0 Å². The average Bonchev–Trinajstić information content (AvgIpc) is 2.79. The Hall–Kier alpha value is -1.72. The van der Waals surface area contributed by atoms with Gasteiger partial charge in [0.1, 0.15) is 11.8 Å². The number of hydrogen-bond donors (Lipinski definition) is 0. The molecule has 0 atom stereocenters. The van der Waals surface area contributed by atoms with Gasteiger partial charge in [0.05, 0.1) is 11.1 Å². The topological polar surface area (TPSA) is 36.9 Å². The normalized spacial score (nSPS) is 12.3. The molecular formula is C14H12ClNO. The van der Waals surface area contributed by atoms with Gasteiger partial charge in [-0.25, -0.2) is 0 Å². The maximum atomic E-state index is 9.08. The first kappa shape index (κ1) is 11.8. The number of fused-ring (bicyclic) bond motifs is 1. The van der Waals surface area contributed by atoms with Crippen LogP contribution < -0.4 is 0 Å². The molecular weight excluding hydrogens is 234 g/mol. The predicted octanol–water partition coefficient (Wildman–Crippen LogP) is 4.71. The molecule has 0 bridgehead atoms. The molecule has 3 heteroatoms. The fraction of sp³-hybridized carbons (Fsp3) is 0.214. The van der Waals surface area contributed by atoms with Gasteiger partial charge in [-0.3, -0.25) is 0 Å². The number of nitriles is 1. The Morgan fingerprint density at radius 1 is 1.41 bits per heavy atom. The average molecular weight is 246 g/mol. The molecule has 86 valence electrons. The maximum Gasteiger partial charge on any atom is 0.134 e. The van der Waals surface area contributed by atoms with E-state index in [1.807, 2.05) is 31.2 Å². The predicted molar refractivity (Wildman–Crippen MR) is 69.5 cm³/mol. The molecule has 0 spiro atoms.